The zero-order chi connectivity index (χ0) is 22.0. The summed E-state index contributed by atoms with van der Waals surface area (Å²) in [6, 6.07) is 9.13. The van der Waals surface area contributed by atoms with Crippen LogP contribution < -0.4 is 16.1 Å². The lowest BCUT2D eigenvalue weighted by molar-refractivity contribution is -0.136. The van der Waals surface area contributed by atoms with Crippen LogP contribution in [0.5, 0.6) is 0 Å². The van der Waals surface area contributed by atoms with Gasteiger partial charge in [0.1, 0.15) is 6.04 Å². The molecule has 2 atom stereocenters. The average molecular weight is 424 g/mol. The number of amides is 3. The Hall–Kier alpha value is -2.06. The van der Waals surface area contributed by atoms with Crippen LogP contribution >= 0.6 is 11.8 Å². The molecule has 0 fully saturated rings. The third-order valence-corrected chi connectivity index (χ3v) is 6.08. The maximum atomic E-state index is 12.9. The average Bonchev–Trinajstić information content (AvgIpc) is 2.69. The highest BCUT2D eigenvalue weighted by molar-refractivity contribution is 7.99. The molecule has 1 aromatic carbocycles. The van der Waals surface area contributed by atoms with Gasteiger partial charge in [-0.15, -0.1) is 11.8 Å². The predicted octanol–water partition coefficient (Wildman–Crippen LogP) is 2.49. The fourth-order valence-corrected chi connectivity index (χ4v) is 4.07. The molecule has 0 spiro atoms. The number of nitrogens with one attached hydrogen (secondary N) is 3. The van der Waals surface area contributed by atoms with E-state index in [0.717, 1.165) is 5.56 Å². The third kappa shape index (κ3) is 8.45. The fourth-order valence-electron chi connectivity index (χ4n) is 3.01. The molecule has 3 amide bonds. The van der Waals surface area contributed by atoms with E-state index >= 15 is 0 Å². The number of carbonyl (C=O) groups excluding carboxylic acids is 3. The quantitative estimate of drug-likeness (QED) is 0.323. The summed E-state index contributed by atoms with van der Waals surface area (Å²) in [5.74, 6) is -1.05. The van der Waals surface area contributed by atoms with Gasteiger partial charge in [0.15, 0.2) is 0 Å². The van der Waals surface area contributed by atoms with Gasteiger partial charge in [-0.2, -0.15) is 0 Å². The molecule has 0 bridgehead atoms. The van der Waals surface area contributed by atoms with Crippen molar-refractivity contribution in [2.24, 2.45) is 11.8 Å². The topological polar surface area (TPSA) is 108 Å². The largest absolute Gasteiger partial charge is 0.357 e. The Morgan fingerprint density at radius 2 is 1.72 bits per heavy atom. The summed E-state index contributed by atoms with van der Waals surface area (Å²) in [5, 5.41) is 14.3. The zero-order valence-electron chi connectivity index (χ0n) is 17.8. The molecule has 4 N–H and O–H groups in total. The van der Waals surface area contributed by atoms with E-state index in [1.165, 1.54) is 7.05 Å². The van der Waals surface area contributed by atoms with E-state index < -0.39 is 22.6 Å². The molecule has 0 saturated heterocycles. The van der Waals surface area contributed by atoms with Crippen LogP contribution in [0.3, 0.4) is 0 Å². The second-order valence-electron chi connectivity index (χ2n) is 8.00. The van der Waals surface area contributed by atoms with Crippen molar-refractivity contribution in [3.63, 3.8) is 0 Å². The second-order valence-corrected chi connectivity index (χ2v) is 9.63. The van der Waals surface area contributed by atoms with Crippen molar-refractivity contribution in [2.75, 3.05) is 7.05 Å². The van der Waals surface area contributed by atoms with E-state index in [4.69, 9.17) is 5.21 Å². The highest BCUT2D eigenvalue weighted by atomic mass is 32.2. The number of benzene rings is 1. The molecule has 0 heterocycles. The first-order valence-electron chi connectivity index (χ1n) is 9.73. The Morgan fingerprint density at radius 1 is 1.10 bits per heavy atom. The SMILES string of the molecule is CNC(=O)C(NC(=O)C(CC(=O)NO)CC(C)C)C(C)(C)SCc1ccccc1. The summed E-state index contributed by atoms with van der Waals surface area (Å²) in [5.41, 5.74) is 2.71. The van der Waals surface area contributed by atoms with Crippen LogP contribution in [0.1, 0.15) is 46.1 Å². The Balaban J connectivity index is 2.95. The number of thioether (sulfide) groups is 1. The summed E-state index contributed by atoms with van der Waals surface area (Å²) in [4.78, 5) is 37.1. The number of hydrogen-bond acceptors (Lipinski definition) is 5. The van der Waals surface area contributed by atoms with Gasteiger partial charge in [0.2, 0.25) is 17.7 Å². The highest BCUT2D eigenvalue weighted by Gasteiger charge is 2.38. The van der Waals surface area contributed by atoms with E-state index in [9.17, 15) is 14.4 Å². The maximum Gasteiger partial charge on any atom is 0.244 e. The molecule has 0 saturated carbocycles. The predicted molar refractivity (Wildman–Crippen MR) is 115 cm³/mol. The van der Waals surface area contributed by atoms with Gasteiger partial charge < -0.3 is 10.6 Å². The normalized spacial score (nSPS) is 13.5. The first kappa shape index (κ1) is 25.0. The molecule has 1 aromatic rings. The van der Waals surface area contributed by atoms with Crippen molar-refractivity contribution in [3.8, 4) is 0 Å². The molecule has 8 heteroatoms. The molecule has 0 radical (unpaired) electrons. The minimum atomic E-state index is -0.777. The minimum Gasteiger partial charge on any atom is -0.357 e. The van der Waals surface area contributed by atoms with Crippen molar-refractivity contribution in [1.82, 2.24) is 16.1 Å². The summed E-state index contributed by atoms with van der Waals surface area (Å²) in [6.07, 6.45) is 0.329. The molecule has 0 aliphatic heterocycles. The summed E-state index contributed by atoms with van der Waals surface area (Å²) >= 11 is 1.57. The molecule has 0 aromatic heterocycles. The van der Waals surface area contributed by atoms with E-state index in [2.05, 4.69) is 10.6 Å². The number of likely N-dealkylation sites (N-methyl/N-ethyl adjacent to an activating group) is 1. The van der Waals surface area contributed by atoms with Gasteiger partial charge >= 0.3 is 0 Å². The van der Waals surface area contributed by atoms with Crippen LogP contribution in [-0.4, -0.2) is 40.8 Å². The minimum absolute atomic E-state index is 0.140. The zero-order valence-corrected chi connectivity index (χ0v) is 18.6. The smallest absolute Gasteiger partial charge is 0.244 e. The van der Waals surface area contributed by atoms with Crippen LogP contribution in [0.2, 0.25) is 0 Å². The summed E-state index contributed by atoms with van der Waals surface area (Å²) in [7, 11) is 1.53. The molecule has 162 valence electrons. The highest BCUT2D eigenvalue weighted by Crippen LogP contribution is 2.32. The Kier molecular flexibility index (Phi) is 10.2. The summed E-state index contributed by atoms with van der Waals surface area (Å²) < 4.78 is -0.590. The van der Waals surface area contributed by atoms with Crippen LogP contribution in [0.4, 0.5) is 0 Å². The molecule has 1 rings (SSSR count). The number of carbonyl (C=O) groups is 3. The lowest BCUT2D eigenvalue weighted by Crippen LogP contribution is -2.57. The van der Waals surface area contributed by atoms with E-state index in [0.29, 0.717) is 12.2 Å². The standard InChI is InChI=1S/C21H33N3O4S/c1-14(2)11-16(12-17(25)24-28)19(26)23-18(20(27)22-5)21(3,4)29-13-15-9-7-6-8-10-15/h6-10,14,16,18,28H,11-13H2,1-5H3,(H,22,27)(H,23,26)(H,24,25). The van der Waals surface area contributed by atoms with Gasteiger partial charge in [0, 0.05) is 29.9 Å². The first-order valence-corrected chi connectivity index (χ1v) is 10.7. The molecular weight excluding hydrogens is 390 g/mol. The van der Waals surface area contributed by atoms with Crippen LogP contribution in [-0.2, 0) is 20.1 Å². The molecule has 2 unspecified atom stereocenters. The Labute approximate surface area is 177 Å². The van der Waals surface area contributed by atoms with Crippen LogP contribution in [0, 0.1) is 11.8 Å². The van der Waals surface area contributed by atoms with Gasteiger partial charge in [-0.3, -0.25) is 19.6 Å². The summed E-state index contributed by atoms with van der Waals surface area (Å²) in [6.45, 7) is 7.73. The van der Waals surface area contributed by atoms with Gasteiger partial charge in [0.25, 0.3) is 0 Å². The van der Waals surface area contributed by atoms with Gasteiger partial charge in [-0.1, -0.05) is 44.2 Å². The molecule has 29 heavy (non-hydrogen) atoms. The Morgan fingerprint density at radius 3 is 2.24 bits per heavy atom. The molecule has 7 nitrogen and oxygen atoms in total. The molecule has 0 aliphatic carbocycles. The van der Waals surface area contributed by atoms with Crippen LogP contribution in [0.25, 0.3) is 0 Å². The second kappa shape index (κ2) is 11.8. The van der Waals surface area contributed by atoms with Crippen molar-refractivity contribution in [3.05, 3.63) is 35.9 Å². The first-order chi connectivity index (χ1) is 13.6. The van der Waals surface area contributed by atoms with E-state index in [1.54, 1.807) is 17.2 Å². The maximum absolute atomic E-state index is 12.9. The van der Waals surface area contributed by atoms with Crippen LogP contribution in [0.15, 0.2) is 30.3 Å². The third-order valence-electron chi connectivity index (χ3n) is 4.63. The Bertz CT molecular complexity index is 680. The fraction of sp³-hybridized carbons (Fsp3) is 0.571. The van der Waals surface area contributed by atoms with Crippen molar-refractivity contribution in [2.45, 2.75) is 57.1 Å². The number of hydrogen-bond donors (Lipinski definition) is 4. The van der Waals surface area contributed by atoms with E-state index in [1.807, 2.05) is 58.0 Å². The monoisotopic (exact) mass is 423 g/mol. The van der Waals surface area contributed by atoms with Gasteiger partial charge in [0.05, 0.1) is 0 Å². The van der Waals surface area contributed by atoms with Crippen molar-refractivity contribution >= 4 is 29.5 Å². The number of rotatable bonds is 11. The van der Waals surface area contributed by atoms with E-state index in [-0.39, 0.29) is 24.2 Å². The lowest BCUT2D eigenvalue weighted by Gasteiger charge is -2.34. The van der Waals surface area contributed by atoms with Gasteiger partial charge in [-0.25, -0.2) is 5.48 Å². The lowest BCUT2D eigenvalue weighted by atomic mass is 9.92. The van der Waals surface area contributed by atoms with Gasteiger partial charge in [-0.05, 0) is 31.7 Å². The molecule has 0 aliphatic rings. The van der Waals surface area contributed by atoms with Crippen molar-refractivity contribution < 1.29 is 19.6 Å². The molecular formula is C21H33N3O4S. The van der Waals surface area contributed by atoms with Crippen molar-refractivity contribution in [1.29, 1.82) is 0 Å². The number of hydroxylamine groups is 1.